The molecule has 112 valence electrons. The van der Waals surface area contributed by atoms with Gasteiger partial charge in [-0.25, -0.2) is 4.98 Å². The van der Waals surface area contributed by atoms with Crippen molar-refractivity contribution in [3.63, 3.8) is 0 Å². The van der Waals surface area contributed by atoms with Gasteiger partial charge < -0.3 is 19.8 Å². The van der Waals surface area contributed by atoms with E-state index in [2.05, 4.69) is 16.8 Å². The lowest BCUT2D eigenvalue weighted by Gasteiger charge is -2.36. The predicted octanol–water partition coefficient (Wildman–Crippen LogP) is -0.353. The van der Waals surface area contributed by atoms with Gasteiger partial charge in [0.05, 0.1) is 24.4 Å². The van der Waals surface area contributed by atoms with Crippen LogP contribution in [0.15, 0.2) is 18.3 Å². The van der Waals surface area contributed by atoms with Crippen molar-refractivity contribution >= 4 is 5.91 Å². The van der Waals surface area contributed by atoms with Crippen molar-refractivity contribution in [3.05, 3.63) is 29.6 Å². The van der Waals surface area contributed by atoms with Gasteiger partial charge in [-0.05, 0) is 19.1 Å². The minimum atomic E-state index is -0.381. The van der Waals surface area contributed by atoms with E-state index in [-0.39, 0.29) is 37.0 Å². The molecule has 2 rings (SSSR count). The average Bonchev–Trinajstić information content (AvgIpc) is 2.51. The Morgan fingerprint density at radius 3 is 3.05 bits per heavy atom. The summed E-state index contributed by atoms with van der Waals surface area (Å²) in [5.74, 6) is 5.01. The highest BCUT2D eigenvalue weighted by Crippen LogP contribution is 2.15. The second-order valence-electron chi connectivity index (χ2n) is 4.82. The molecule has 0 radical (unpaired) electrons. The fourth-order valence-corrected chi connectivity index (χ4v) is 2.27. The highest BCUT2D eigenvalue weighted by molar-refractivity contribution is 5.94. The summed E-state index contributed by atoms with van der Waals surface area (Å²) in [6.07, 6.45) is 1.01. The van der Waals surface area contributed by atoms with Crippen LogP contribution in [0.1, 0.15) is 23.0 Å². The Balaban J connectivity index is 2.23. The minimum Gasteiger partial charge on any atom is -0.394 e. The molecule has 1 aliphatic heterocycles. The highest BCUT2D eigenvalue weighted by Gasteiger charge is 2.29. The lowest BCUT2D eigenvalue weighted by Crippen LogP contribution is -2.50. The van der Waals surface area contributed by atoms with E-state index < -0.39 is 0 Å². The lowest BCUT2D eigenvalue weighted by molar-refractivity contribution is -0.0859. The summed E-state index contributed by atoms with van der Waals surface area (Å²) in [6.45, 7) is 2.21. The Labute approximate surface area is 123 Å². The summed E-state index contributed by atoms with van der Waals surface area (Å²) in [5, 5.41) is 18.0. The van der Waals surface area contributed by atoms with Crippen LogP contribution in [0.5, 0.6) is 0 Å². The van der Waals surface area contributed by atoms with Crippen LogP contribution in [0.2, 0.25) is 0 Å². The number of rotatable bonds is 2. The summed E-state index contributed by atoms with van der Waals surface area (Å²) in [6, 6.07) is 3.38. The molecule has 1 aliphatic rings. The molecule has 1 fully saturated rings. The standard InChI is InChI=1S/C15H18N2O4/c1-11-8-17(9-13(10-19)21-11)15(20)14-12(5-3-7-18)4-2-6-16-14/h2,4,6,11,13,18-19H,7-10H2,1H3. The van der Waals surface area contributed by atoms with Crippen LogP contribution in [0, 0.1) is 11.8 Å². The molecule has 1 aromatic rings. The smallest absolute Gasteiger partial charge is 0.273 e. The second kappa shape index (κ2) is 7.18. The average molecular weight is 290 g/mol. The molecule has 2 unspecified atom stereocenters. The molecular weight excluding hydrogens is 272 g/mol. The van der Waals surface area contributed by atoms with Gasteiger partial charge in [-0.15, -0.1) is 0 Å². The monoisotopic (exact) mass is 290 g/mol. The molecule has 6 heteroatoms. The Kier molecular flexibility index (Phi) is 5.28. The fraction of sp³-hybridized carbons (Fsp3) is 0.467. The van der Waals surface area contributed by atoms with Gasteiger partial charge in [0.2, 0.25) is 0 Å². The maximum absolute atomic E-state index is 12.6. The van der Waals surface area contributed by atoms with E-state index in [1.54, 1.807) is 17.0 Å². The van der Waals surface area contributed by atoms with E-state index >= 15 is 0 Å². The Bertz CT molecular complexity index is 564. The molecule has 0 spiro atoms. The van der Waals surface area contributed by atoms with Gasteiger partial charge in [0.25, 0.3) is 5.91 Å². The number of aliphatic hydroxyl groups is 2. The second-order valence-corrected chi connectivity index (χ2v) is 4.82. The molecule has 1 amide bonds. The van der Waals surface area contributed by atoms with Gasteiger partial charge >= 0.3 is 0 Å². The number of morpholine rings is 1. The number of ether oxygens (including phenoxy) is 1. The van der Waals surface area contributed by atoms with Gasteiger partial charge in [0.1, 0.15) is 12.3 Å². The zero-order chi connectivity index (χ0) is 15.2. The molecule has 0 aromatic carbocycles. The van der Waals surface area contributed by atoms with Crippen LogP contribution in [-0.2, 0) is 4.74 Å². The van der Waals surface area contributed by atoms with Gasteiger partial charge in [-0.3, -0.25) is 4.79 Å². The van der Waals surface area contributed by atoms with Crippen LogP contribution in [0.3, 0.4) is 0 Å². The van der Waals surface area contributed by atoms with Crippen molar-refractivity contribution in [2.24, 2.45) is 0 Å². The number of aromatic nitrogens is 1. The van der Waals surface area contributed by atoms with Crippen molar-refractivity contribution in [2.75, 3.05) is 26.3 Å². The zero-order valence-corrected chi connectivity index (χ0v) is 11.8. The SMILES string of the molecule is CC1CN(C(=O)c2ncccc2C#CCO)CC(CO)O1. The Hall–Kier alpha value is -1.94. The summed E-state index contributed by atoms with van der Waals surface area (Å²) in [5.41, 5.74) is 0.737. The van der Waals surface area contributed by atoms with Gasteiger partial charge in [0.15, 0.2) is 0 Å². The topological polar surface area (TPSA) is 82.9 Å². The van der Waals surface area contributed by atoms with E-state index in [1.807, 2.05) is 6.92 Å². The van der Waals surface area contributed by atoms with Crippen molar-refractivity contribution < 1.29 is 19.7 Å². The molecular formula is C15H18N2O4. The van der Waals surface area contributed by atoms with Gasteiger partial charge in [-0.1, -0.05) is 11.8 Å². The largest absolute Gasteiger partial charge is 0.394 e. The third-order valence-corrected chi connectivity index (χ3v) is 3.13. The van der Waals surface area contributed by atoms with Crippen LogP contribution in [0.25, 0.3) is 0 Å². The number of hydrogen-bond acceptors (Lipinski definition) is 5. The molecule has 2 atom stereocenters. The van der Waals surface area contributed by atoms with Crippen molar-refractivity contribution in [1.82, 2.24) is 9.88 Å². The molecule has 6 nitrogen and oxygen atoms in total. The van der Waals surface area contributed by atoms with Crippen molar-refractivity contribution in [2.45, 2.75) is 19.1 Å². The number of amides is 1. The zero-order valence-electron chi connectivity index (χ0n) is 11.8. The van der Waals surface area contributed by atoms with Crippen molar-refractivity contribution in [3.8, 4) is 11.8 Å². The maximum atomic E-state index is 12.6. The first-order valence-electron chi connectivity index (χ1n) is 6.76. The molecule has 2 N–H and O–H groups in total. The maximum Gasteiger partial charge on any atom is 0.273 e. The number of hydrogen-bond donors (Lipinski definition) is 2. The molecule has 0 saturated carbocycles. The summed E-state index contributed by atoms with van der Waals surface area (Å²) < 4.78 is 5.52. The van der Waals surface area contributed by atoms with Crippen LogP contribution in [0.4, 0.5) is 0 Å². The molecule has 1 saturated heterocycles. The summed E-state index contributed by atoms with van der Waals surface area (Å²) >= 11 is 0. The number of aliphatic hydroxyl groups excluding tert-OH is 2. The highest BCUT2D eigenvalue weighted by atomic mass is 16.5. The third-order valence-electron chi connectivity index (χ3n) is 3.13. The van der Waals surface area contributed by atoms with E-state index in [0.29, 0.717) is 18.7 Å². The summed E-state index contributed by atoms with van der Waals surface area (Å²) in [4.78, 5) is 18.3. The van der Waals surface area contributed by atoms with Crippen LogP contribution < -0.4 is 0 Å². The number of pyridine rings is 1. The normalized spacial score (nSPS) is 21.6. The first kappa shape index (κ1) is 15.4. The van der Waals surface area contributed by atoms with Crippen molar-refractivity contribution in [1.29, 1.82) is 0 Å². The molecule has 0 bridgehead atoms. The quantitative estimate of drug-likeness (QED) is 0.727. The molecule has 21 heavy (non-hydrogen) atoms. The van der Waals surface area contributed by atoms with E-state index in [9.17, 15) is 9.90 Å². The molecule has 0 aliphatic carbocycles. The predicted molar refractivity (Wildman–Crippen MR) is 75.5 cm³/mol. The van der Waals surface area contributed by atoms with Gasteiger partial charge in [0, 0.05) is 19.3 Å². The van der Waals surface area contributed by atoms with Crippen LogP contribution >= 0.6 is 0 Å². The Morgan fingerprint density at radius 1 is 1.52 bits per heavy atom. The first-order chi connectivity index (χ1) is 10.2. The van der Waals surface area contributed by atoms with E-state index in [0.717, 1.165) is 0 Å². The van der Waals surface area contributed by atoms with Crippen LogP contribution in [-0.4, -0.2) is 64.5 Å². The number of nitrogens with zero attached hydrogens (tertiary/aromatic N) is 2. The minimum absolute atomic E-state index is 0.131. The third kappa shape index (κ3) is 3.79. The number of carbonyl (C=O) groups is 1. The molecule has 1 aromatic heterocycles. The summed E-state index contributed by atoms with van der Waals surface area (Å²) in [7, 11) is 0. The molecule has 2 heterocycles. The lowest BCUT2D eigenvalue weighted by atomic mass is 10.1. The Morgan fingerprint density at radius 2 is 2.33 bits per heavy atom. The number of carbonyl (C=O) groups excluding carboxylic acids is 1. The van der Waals surface area contributed by atoms with E-state index in [4.69, 9.17) is 9.84 Å². The van der Waals surface area contributed by atoms with E-state index in [1.165, 1.54) is 6.20 Å². The van der Waals surface area contributed by atoms with Gasteiger partial charge in [-0.2, -0.15) is 0 Å². The fourth-order valence-electron chi connectivity index (χ4n) is 2.27. The first-order valence-corrected chi connectivity index (χ1v) is 6.76.